The van der Waals surface area contributed by atoms with Gasteiger partial charge in [0.2, 0.25) is 0 Å². The van der Waals surface area contributed by atoms with E-state index in [0.717, 1.165) is 33.2 Å². The molecule has 0 saturated heterocycles. The highest BCUT2D eigenvalue weighted by Gasteiger charge is 2.19. The third-order valence-electron chi connectivity index (χ3n) is 5.82. The zero-order valence-electron chi connectivity index (χ0n) is 25.5. The van der Waals surface area contributed by atoms with Crippen molar-refractivity contribution < 1.29 is 14.0 Å². The zero-order valence-corrected chi connectivity index (χ0v) is 26.4. The molecule has 4 heteroatoms. The molecule has 0 aromatic heterocycles. The Balaban J connectivity index is 0.000000266. The molecule has 5 rings (SSSR count). The standard InChI is InChI=1S/C20H18O2.C13H13OP.2C3H6/c1-3-7-17(8-4-1)15-21-19-11-13-20(14-12-19)22-16-18-9-5-2-6-10-18;1-15(14,12-8-4-2-5-9-12)13-10-6-3-7-11-13;2*1-3-2/h1-14H,15-16H2;2-11H,1H3;2*3H,1H2,2H3. The monoisotopic (exact) mass is 590 g/mol. The summed E-state index contributed by atoms with van der Waals surface area (Å²) in [5.41, 5.74) is 2.32. The van der Waals surface area contributed by atoms with Gasteiger partial charge in [-0.1, -0.05) is 133 Å². The summed E-state index contributed by atoms with van der Waals surface area (Å²) in [6, 6.07) is 47.3. The van der Waals surface area contributed by atoms with Crippen molar-refractivity contribution in [2.45, 2.75) is 27.1 Å². The van der Waals surface area contributed by atoms with E-state index in [1.54, 1.807) is 12.2 Å². The van der Waals surface area contributed by atoms with Gasteiger partial charge in [-0.25, -0.2) is 0 Å². The molecular formula is C39H43O3P. The lowest BCUT2D eigenvalue weighted by Crippen LogP contribution is -2.14. The summed E-state index contributed by atoms with van der Waals surface area (Å²) in [5.74, 6) is 1.69. The van der Waals surface area contributed by atoms with Crippen molar-refractivity contribution in [2.75, 3.05) is 6.66 Å². The van der Waals surface area contributed by atoms with Gasteiger partial charge in [0.05, 0.1) is 0 Å². The smallest absolute Gasteiger partial charge is 0.140 e. The van der Waals surface area contributed by atoms with Crippen LogP contribution in [0.3, 0.4) is 0 Å². The molecule has 0 N–H and O–H groups in total. The number of rotatable bonds is 8. The molecule has 0 spiro atoms. The van der Waals surface area contributed by atoms with Crippen LogP contribution >= 0.6 is 7.14 Å². The van der Waals surface area contributed by atoms with Crippen molar-refractivity contribution in [1.82, 2.24) is 0 Å². The molecule has 0 aliphatic rings. The fourth-order valence-corrected chi connectivity index (χ4v) is 5.47. The van der Waals surface area contributed by atoms with E-state index in [0.29, 0.717) is 13.2 Å². The largest absolute Gasteiger partial charge is 0.489 e. The van der Waals surface area contributed by atoms with E-state index in [-0.39, 0.29) is 0 Å². The van der Waals surface area contributed by atoms with Crippen LogP contribution in [-0.2, 0) is 17.8 Å². The zero-order chi connectivity index (χ0) is 31.2. The molecule has 0 radical (unpaired) electrons. The van der Waals surface area contributed by atoms with E-state index in [9.17, 15) is 4.57 Å². The first kappa shape index (κ1) is 34.6. The van der Waals surface area contributed by atoms with Crippen molar-refractivity contribution in [3.8, 4) is 11.5 Å². The molecule has 0 amide bonds. The fraction of sp³-hybridized carbons (Fsp3) is 0.128. The average molecular weight is 591 g/mol. The SMILES string of the molecule is C=CC.C=CC.CP(=O)(c1ccccc1)c1ccccc1.c1ccc(COc2ccc(OCc3ccccc3)cc2)cc1. The molecule has 5 aromatic rings. The van der Waals surface area contributed by atoms with Crippen LogP contribution in [0.4, 0.5) is 0 Å². The predicted molar refractivity (Wildman–Crippen MR) is 185 cm³/mol. The molecule has 0 atom stereocenters. The topological polar surface area (TPSA) is 35.5 Å². The van der Waals surface area contributed by atoms with Gasteiger partial charge < -0.3 is 14.0 Å². The van der Waals surface area contributed by atoms with Crippen LogP contribution in [0.1, 0.15) is 25.0 Å². The Morgan fingerprint density at radius 2 is 0.767 bits per heavy atom. The fourth-order valence-electron chi connectivity index (χ4n) is 3.69. The van der Waals surface area contributed by atoms with Gasteiger partial charge in [0.1, 0.15) is 31.9 Å². The van der Waals surface area contributed by atoms with Crippen molar-refractivity contribution in [2.24, 2.45) is 0 Å². The molecule has 0 fully saturated rings. The van der Waals surface area contributed by atoms with E-state index >= 15 is 0 Å². The Morgan fingerprint density at radius 3 is 1.05 bits per heavy atom. The lowest BCUT2D eigenvalue weighted by Gasteiger charge is -2.13. The maximum absolute atomic E-state index is 12.6. The van der Waals surface area contributed by atoms with E-state index in [2.05, 4.69) is 37.4 Å². The van der Waals surface area contributed by atoms with Crippen LogP contribution in [0.25, 0.3) is 0 Å². The van der Waals surface area contributed by atoms with Gasteiger partial charge in [-0.05, 0) is 55.9 Å². The molecule has 0 aliphatic heterocycles. The van der Waals surface area contributed by atoms with E-state index in [1.807, 2.05) is 142 Å². The highest BCUT2D eigenvalue weighted by Crippen LogP contribution is 2.38. The Hall–Kier alpha value is -4.59. The van der Waals surface area contributed by atoms with E-state index < -0.39 is 7.14 Å². The molecule has 5 aromatic carbocycles. The average Bonchev–Trinajstić information content (AvgIpc) is 3.06. The van der Waals surface area contributed by atoms with Crippen LogP contribution in [0.2, 0.25) is 0 Å². The molecule has 0 bridgehead atoms. The Kier molecular flexibility index (Phi) is 16.4. The van der Waals surface area contributed by atoms with E-state index in [1.165, 1.54) is 0 Å². The molecule has 43 heavy (non-hydrogen) atoms. The quantitative estimate of drug-likeness (QED) is 0.133. The second kappa shape index (κ2) is 20.3. The van der Waals surface area contributed by atoms with Crippen molar-refractivity contribution in [3.63, 3.8) is 0 Å². The number of allylic oxidation sites excluding steroid dienone is 2. The molecule has 0 aliphatic carbocycles. The van der Waals surface area contributed by atoms with Crippen molar-refractivity contribution >= 4 is 17.8 Å². The first-order chi connectivity index (χ1) is 20.9. The van der Waals surface area contributed by atoms with Gasteiger partial charge in [0.25, 0.3) is 0 Å². The van der Waals surface area contributed by atoms with Crippen molar-refractivity contribution in [1.29, 1.82) is 0 Å². The predicted octanol–water partition coefficient (Wildman–Crippen LogP) is 9.86. The summed E-state index contributed by atoms with van der Waals surface area (Å²) in [6.07, 6.45) is 3.50. The molecule has 0 heterocycles. The third kappa shape index (κ3) is 13.3. The van der Waals surface area contributed by atoms with Crippen LogP contribution in [0.5, 0.6) is 11.5 Å². The first-order valence-electron chi connectivity index (χ1n) is 14.2. The molecule has 222 valence electrons. The summed E-state index contributed by atoms with van der Waals surface area (Å²) >= 11 is 0. The summed E-state index contributed by atoms with van der Waals surface area (Å²) in [5, 5.41) is 1.83. The highest BCUT2D eigenvalue weighted by molar-refractivity contribution is 7.78. The normalized spacial score (nSPS) is 9.74. The first-order valence-corrected chi connectivity index (χ1v) is 16.4. The lowest BCUT2D eigenvalue weighted by atomic mass is 10.2. The van der Waals surface area contributed by atoms with Crippen LogP contribution in [0, 0.1) is 0 Å². The Labute approximate surface area is 258 Å². The second-order valence-electron chi connectivity index (χ2n) is 9.43. The minimum atomic E-state index is -2.40. The van der Waals surface area contributed by atoms with Crippen LogP contribution < -0.4 is 20.1 Å². The van der Waals surface area contributed by atoms with E-state index in [4.69, 9.17) is 9.47 Å². The second-order valence-corrected chi connectivity index (χ2v) is 12.3. The maximum atomic E-state index is 12.6. The summed E-state index contributed by atoms with van der Waals surface area (Å²) in [6.45, 7) is 13.5. The number of hydrogen-bond donors (Lipinski definition) is 0. The van der Waals surface area contributed by atoms with Crippen molar-refractivity contribution in [3.05, 3.63) is 182 Å². The Morgan fingerprint density at radius 1 is 0.512 bits per heavy atom. The minimum Gasteiger partial charge on any atom is -0.489 e. The van der Waals surface area contributed by atoms with Gasteiger partial charge in [-0.15, -0.1) is 13.2 Å². The summed E-state index contributed by atoms with van der Waals surface area (Å²) < 4.78 is 24.1. The molecule has 0 unspecified atom stereocenters. The summed E-state index contributed by atoms with van der Waals surface area (Å²) in [4.78, 5) is 0. The number of benzene rings is 5. The van der Waals surface area contributed by atoms with Gasteiger partial charge in [0.15, 0.2) is 0 Å². The van der Waals surface area contributed by atoms with Gasteiger partial charge in [-0.2, -0.15) is 0 Å². The number of hydrogen-bond acceptors (Lipinski definition) is 3. The lowest BCUT2D eigenvalue weighted by molar-refractivity contribution is 0.297. The minimum absolute atomic E-state index is 0.574. The Bertz CT molecular complexity index is 1360. The molecule has 3 nitrogen and oxygen atoms in total. The maximum Gasteiger partial charge on any atom is 0.140 e. The third-order valence-corrected chi connectivity index (χ3v) is 8.39. The highest BCUT2D eigenvalue weighted by atomic mass is 31.2. The van der Waals surface area contributed by atoms with Crippen LogP contribution in [-0.4, -0.2) is 6.66 Å². The molecular weight excluding hydrogens is 547 g/mol. The van der Waals surface area contributed by atoms with Crippen LogP contribution in [0.15, 0.2) is 171 Å². The van der Waals surface area contributed by atoms with Gasteiger partial charge in [-0.3, -0.25) is 0 Å². The summed E-state index contributed by atoms with van der Waals surface area (Å²) in [7, 11) is -2.40. The molecule has 0 saturated carbocycles. The van der Waals surface area contributed by atoms with Gasteiger partial charge >= 0.3 is 0 Å². The van der Waals surface area contributed by atoms with Gasteiger partial charge in [0, 0.05) is 10.6 Å². The number of ether oxygens (including phenoxy) is 2.